The van der Waals surface area contributed by atoms with E-state index in [0.29, 0.717) is 6.42 Å². The molecule has 2 unspecified atom stereocenters. The van der Waals surface area contributed by atoms with Crippen molar-refractivity contribution in [3.63, 3.8) is 0 Å². The van der Waals surface area contributed by atoms with Gasteiger partial charge in [-0.3, -0.25) is 0 Å². The lowest BCUT2D eigenvalue weighted by atomic mass is 10.1. The average molecular weight is 310 g/mol. The summed E-state index contributed by atoms with van der Waals surface area (Å²) in [5, 5.41) is 15.4. The van der Waals surface area contributed by atoms with Gasteiger partial charge in [0.15, 0.2) is 9.84 Å². The normalized spacial score (nSPS) is 26.3. The van der Waals surface area contributed by atoms with E-state index >= 15 is 0 Å². The fourth-order valence-corrected chi connectivity index (χ4v) is 4.75. The lowest BCUT2D eigenvalue weighted by Gasteiger charge is -2.17. The van der Waals surface area contributed by atoms with Crippen LogP contribution in [0.4, 0.5) is 4.79 Å². The van der Waals surface area contributed by atoms with Gasteiger partial charge in [0.25, 0.3) is 0 Å². The molecule has 114 valence electrons. The third-order valence-corrected chi connectivity index (χ3v) is 5.89. The second-order valence-electron chi connectivity index (χ2n) is 5.65. The SMILES string of the molecule is O=C(NC1CCS(=O)(=O)C1)NC1CCc2c(O)cccc21. The second-order valence-corrected chi connectivity index (χ2v) is 7.88. The number of benzene rings is 1. The van der Waals surface area contributed by atoms with Crippen molar-refractivity contribution in [1.29, 1.82) is 0 Å². The van der Waals surface area contributed by atoms with Gasteiger partial charge in [0, 0.05) is 6.04 Å². The number of nitrogens with one attached hydrogen (secondary N) is 2. The number of hydrogen-bond donors (Lipinski definition) is 3. The fourth-order valence-electron chi connectivity index (χ4n) is 3.08. The van der Waals surface area contributed by atoms with Crippen molar-refractivity contribution in [3.05, 3.63) is 29.3 Å². The maximum atomic E-state index is 12.0. The highest BCUT2D eigenvalue weighted by Crippen LogP contribution is 2.36. The molecule has 21 heavy (non-hydrogen) atoms. The highest BCUT2D eigenvalue weighted by atomic mass is 32.2. The zero-order valence-electron chi connectivity index (χ0n) is 11.5. The van der Waals surface area contributed by atoms with Gasteiger partial charge in [0.1, 0.15) is 5.75 Å². The van der Waals surface area contributed by atoms with Crippen molar-refractivity contribution in [2.24, 2.45) is 0 Å². The number of amides is 2. The molecule has 1 aliphatic carbocycles. The first kappa shape index (κ1) is 14.2. The van der Waals surface area contributed by atoms with E-state index in [-0.39, 0.29) is 35.4 Å². The minimum absolute atomic E-state index is 0.0163. The highest BCUT2D eigenvalue weighted by Gasteiger charge is 2.30. The van der Waals surface area contributed by atoms with Crippen LogP contribution in [-0.2, 0) is 16.3 Å². The lowest BCUT2D eigenvalue weighted by Crippen LogP contribution is -2.43. The second kappa shape index (κ2) is 5.22. The van der Waals surface area contributed by atoms with Crippen molar-refractivity contribution in [2.75, 3.05) is 11.5 Å². The minimum atomic E-state index is -3.00. The molecule has 0 bridgehead atoms. The number of hydrogen-bond acceptors (Lipinski definition) is 4. The summed E-state index contributed by atoms with van der Waals surface area (Å²) in [6, 6.07) is 4.51. The number of fused-ring (bicyclic) bond motifs is 1. The first-order valence-corrected chi connectivity index (χ1v) is 8.85. The van der Waals surface area contributed by atoms with E-state index in [9.17, 15) is 18.3 Å². The zero-order valence-corrected chi connectivity index (χ0v) is 12.3. The van der Waals surface area contributed by atoms with E-state index in [4.69, 9.17) is 0 Å². The molecule has 2 aliphatic rings. The Hall–Kier alpha value is -1.76. The van der Waals surface area contributed by atoms with Crippen LogP contribution in [-0.4, -0.2) is 37.1 Å². The molecule has 1 aromatic rings. The van der Waals surface area contributed by atoms with Crippen LogP contribution < -0.4 is 10.6 Å². The molecule has 1 fully saturated rings. The first-order chi connectivity index (χ1) is 9.94. The summed E-state index contributed by atoms with van der Waals surface area (Å²) in [5.41, 5.74) is 1.82. The topological polar surface area (TPSA) is 95.5 Å². The van der Waals surface area contributed by atoms with Crippen molar-refractivity contribution in [3.8, 4) is 5.75 Å². The van der Waals surface area contributed by atoms with Crippen molar-refractivity contribution in [1.82, 2.24) is 10.6 Å². The molecule has 7 heteroatoms. The Bertz CT molecular complexity index is 672. The summed E-state index contributed by atoms with van der Waals surface area (Å²) >= 11 is 0. The van der Waals surface area contributed by atoms with Crippen molar-refractivity contribution >= 4 is 15.9 Å². The van der Waals surface area contributed by atoms with Crippen LogP contribution in [0.25, 0.3) is 0 Å². The minimum Gasteiger partial charge on any atom is -0.508 e. The van der Waals surface area contributed by atoms with E-state index in [1.807, 2.05) is 6.07 Å². The Morgan fingerprint density at radius 2 is 2.05 bits per heavy atom. The van der Waals surface area contributed by atoms with Crippen molar-refractivity contribution < 1.29 is 18.3 Å². The number of aromatic hydroxyl groups is 1. The first-order valence-electron chi connectivity index (χ1n) is 7.03. The van der Waals surface area contributed by atoms with E-state index in [1.165, 1.54) is 0 Å². The molecule has 1 heterocycles. The van der Waals surface area contributed by atoms with Crippen LogP contribution in [0.5, 0.6) is 5.75 Å². The van der Waals surface area contributed by atoms with Gasteiger partial charge in [0.05, 0.1) is 17.5 Å². The van der Waals surface area contributed by atoms with Crippen molar-refractivity contribution in [2.45, 2.75) is 31.3 Å². The number of rotatable bonds is 2. The van der Waals surface area contributed by atoms with E-state index < -0.39 is 9.84 Å². The monoisotopic (exact) mass is 310 g/mol. The van der Waals surface area contributed by atoms with Crippen LogP contribution in [0.2, 0.25) is 0 Å². The summed E-state index contributed by atoms with van der Waals surface area (Å²) in [6.07, 6.45) is 1.94. The highest BCUT2D eigenvalue weighted by molar-refractivity contribution is 7.91. The Morgan fingerprint density at radius 3 is 2.76 bits per heavy atom. The number of phenols is 1. The smallest absolute Gasteiger partial charge is 0.315 e. The van der Waals surface area contributed by atoms with Gasteiger partial charge in [-0.25, -0.2) is 13.2 Å². The molecule has 0 saturated carbocycles. The molecule has 1 saturated heterocycles. The molecule has 0 radical (unpaired) electrons. The molecule has 3 N–H and O–H groups in total. The maximum Gasteiger partial charge on any atom is 0.315 e. The predicted molar refractivity (Wildman–Crippen MR) is 77.9 cm³/mol. The molecular formula is C14H18N2O4S. The van der Waals surface area contributed by atoms with E-state index in [0.717, 1.165) is 24.0 Å². The summed E-state index contributed by atoms with van der Waals surface area (Å²) in [6.45, 7) is 0. The zero-order chi connectivity index (χ0) is 15.0. The van der Waals surface area contributed by atoms with Gasteiger partial charge >= 0.3 is 6.03 Å². The van der Waals surface area contributed by atoms with Gasteiger partial charge in [-0.15, -0.1) is 0 Å². The molecule has 2 atom stereocenters. The van der Waals surface area contributed by atoms with Crippen LogP contribution in [0.1, 0.15) is 30.0 Å². The van der Waals surface area contributed by atoms with Gasteiger partial charge in [-0.2, -0.15) is 0 Å². The summed E-state index contributed by atoms with van der Waals surface area (Å²) in [5.74, 6) is 0.416. The Balaban J connectivity index is 1.61. The molecular weight excluding hydrogens is 292 g/mol. The predicted octanol–water partition coefficient (Wildman–Crippen LogP) is 0.866. The molecule has 0 spiro atoms. The number of carbonyl (C=O) groups excluding carboxylic acids is 1. The summed E-state index contributed by atoms with van der Waals surface area (Å²) in [7, 11) is -3.00. The Kier molecular flexibility index (Phi) is 3.52. The quantitative estimate of drug-likeness (QED) is 0.755. The summed E-state index contributed by atoms with van der Waals surface area (Å²) < 4.78 is 22.7. The number of urea groups is 1. The molecule has 2 amide bonds. The van der Waals surface area contributed by atoms with Crippen LogP contribution in [0.3, 0.4) is 0 Å². The third-order valence-electron chi connectivity index (χ3n) is 4.12. The third kappa shape index (κ3) is 2.97. The number of sulfone groups is 1. The number of phenolic OH excluding ortho intramolecular Hbond substituents is 1. The standard InChI is InChI=1S/C14H18N2O4S/c17-13-3-1-2-10-11(13)4-5-12(10)16-14(18)15-9-6-7-21(19,20)8-9/h1-3,9,12,17H,4-8H2,(H2,15,16,18). The Labute approximate surface area is 123 Å². The van der Waals surface area contributed by atoms with E-state index in [2.05, 4.69) is 10.6 Å². The van der Waals surface area contributed by atoms with Crippen LogP contribution in [0.15, 0.2) is 18.2 Å². The Morgan fingerprint density at radius 1 is 1.24 bits per heavy atom. The fraction of sp³-hybridized carbons (Fsp3) is 0.500. The average Bonchev–Trinajstić information content (AvgIpc) is 2.95. The maximum absolute atomic E-state index is 12.0. The lowest BCUT2D eigenvalue weighted by molar-refractivity contribution is 0.234. The van der Waals surface area contributed by atoms with Gasteiger partial charge in [-0.05, 0) is 36.5 Å². The van der Waals surface area contributed by atoms with Crippen LogP contribution >= 0.6 is 0 Å². The van der Waals surface area contributed by atoms with E-state index in [1.54, 1.807) is 12.1 Å². The van der Waals surface area contributed by atoms with Gasteiger partial charge in [-0.1, -0.05) is 12.1 Å². The molecule has 1 aromatic carbocycles. The molecule has 3 rings (SSSR count). The van der Waals surface area contributed by atoms with Crippen LogP contribution in [0, 0.1) is 0 Å². The molecule has 1 aliphatic heterocycles. The van der Waals surface area contributed by atoms with Gasteiger partial charge in [0.2, 0.25) is 0 Å². The summed E-state index contributed by atoms with van der Waals surface area (Å²) in [4.78, 5) is 12.0. The molecule has 0 aromatic heterocycles. The molecule has 6 nitrogen and oxygen atoms in total. The van der Waals surface area contributed by atoms with Gasteiger partial charge < -0.3 is 15.7 Å². The number of carbonyl (C=O) groups is 1. The largest absolute Gasteiger partial charge is 0.508 e.